The third-order valence-electron chi connectivity index (χ3n) is 7.28. The molecule has 4 rings (SSSR count). The highest BCUT2D eigenvalue weighted by atomic mass is 127. The lowest BCUT2D eigenvalue weighted by Crippen LogP contribution is -3.61. The summed E-state index contributed by atoms with van der Waals surface area (Å²) in [6.45, 7) is 27.2. The fraction of sp³-hybridized carbons (Fsp3) is 0.400. The first kappa shape index (κ1) is 34.8. The lowest BCUT2D eigenvalue weighted by molar-refractivity contribution is -0.597. The molecule has 0 amide bonds. The van der Waals surface area contributed by atoms with E-state index in [-0.39, 0.29) is 64.1 Å². The lowest BCUT2D eigenvalue weighted by atomic mass is 9.87. The Morgan fingerprint density at radius 1 is 0.262 bits per heavy atom. The second kappa shape index (κ2) is 14.0. The number of hydrogen-bond acceptors (Lipinski definition) is 0. The molecule has 0 saturated heterocycles. The van der Waals surface area contributed by atoms with Gasteiger partial charge in [0.1, 0.15) is 0 Å². The molecule has 0 saturated carbocycles. The van der Waals surface area contributed by atoms with Crippen LogP contribution in [0.15, 0.2) is 97.1 Å². The Bertz CT molecular complexity index is 1160. The minimum absolute atomic E-state index is 0.0703. The first-order valence-electron chi connectivity index (χ1n) is 15.0. The Morgan fingerprint density at radius 2 is 0.405 bits per heavy atom. The Morgan fingerprint density at radius 3 is 0.524 bits per heavy atom. The molecule has 4 aromatic carbocycles. The Kier molecular flexibility index (Phi) is 11.6. The Labute approximate surface area is 278 Å². The van der Waals surface area contributed by atoms with Gasteiger partial charge in [0.25, 0.3) is 0 Å². The summed E-state index contributed by atoms with van der Waals surface area (Å²) >= 11 is -0.141. The summed E-state index contributed by atoms with van der Waals surface area (Å²) in [6, 6.07) is 36.8. The van der Waals surface area contributed by atoms with Crippen LogP contribution in [0.25, 0.3) is 0 Å². The fourth-order valence-electron chi connectivity index (χ4n) is 4.30. The van der Waals surface area contributed by atoms with Crippen molar-refractivity contribution in [3.63, 3.8) is 0 Å². The summed E-state index contributed by atoms with van der Waals surface area (Å²) in [5, 5.41) is 0. The summed E-state index contributed by atoms with van der Waals surface area (Å²) < 4.78 is 5.96. The van der Waals surface area contributed by atoms with Gasteiger partial charge in [-0.25, -0.2) is 0 Å². The van der Waals surface area contributed by atoms with Gasteiger partial charge in [0.05, 0.1) is 0 Å². The first-order valence-corrected chi connectivity index (χ1v) is 19.4. The van der Waals surface area contributed by atoms with Crippen LogP contribution < -0.4 is 42.4 Å². The molecule has 0 aliphatic carbocycles. The zero-order valence-electron chi connectivity index (χ0n) is 28.0. The van der Waals surface area contributed by atoms with Crippen LogP contribution in [0.4, 0.5) is 0 Å². The smallest absolute Gasteiger partial charge is 0.0561 e. The van der Waals surface area contributed by atoms with Crippen molar-refractivity contribution in [2.24, 2.45) is 0 Å². The SMILES string of the molecule is CC(C)(C)c1ccc([I+]c2ccc(C(C)(C)C)cc2)cc1.CC(C)(C)c1ccc([I+]c2ccc(C(C)(C)C)cc2)cc1. The maximum Gasteiger partial charge on any atom is 0.357 e. The van der Waals surface area contributed by atoms with Crippen LogP contribution in [0.3, 0.4) is 0 Å². The van der Waals surface area contributed by atoms with Crippen LogP contribution >= 0.6 is 0 Å². The molecule has 0 atom stereocenters. The molecule has 0 N–H and O–H groups in total. The van der Waals surface area contributed by atoms with Gasteiger partial charge >= 0.3 is 42.4 Å². The quantitative estimate of drug-likeness (QED) is 0.261. The molecule has 4 aromatic rings. The molecule has 0 bridgehead atoms. The van der Waals surface area contributed by atoms with E-state index in [2.05, 4.69) is 180 Å². The van der Waals surface area contributed by atoms with Crippen molar-refractivity contribution < 1.29 is 42.4 Å². The number of rotatable bonds is 4. The third-order valence-corrected chi connectivity index (χ3v) is 12.6. The predicted molar refractivity (Wildman–Crippen MR) is 175 cm³/mol. The molecule has 0 heterocycles. The lowest BCUT2D eigenvalue weighted by Gasteiger charge is -2.18. The molecular formula is C40H52I2+2. The number of halogens is 2. The van der Waals surface area contributed by atoms with Crippen LogP contribution in [0.2, 0.25) is 0 Å². The van der Waals surface area contributed by atoms with E-state index < -0.39 is 0 Å². The van der Waals surface area contributed by atoms with Crippen LogP contribution in [0.5, 0.6) is 0 Å². The van der Waals surface area contributed by atoms with E-state index in [9.17, 15) is 0 Å². The van der Waals surface area contributed by atoms with Gasteiger partial charge in [-0.15, -0.1) is 0 Å². The highest BCUT2D eigenvalue weighted by molar-refractivity contribution is 5.25. The summed E-state index contributed by atoms with van der Waals surface area (Å²) in [5.74, 6) is 0. The molecule has 0 aliphatic heterocycles. The normalized spacial score (nSPS) is 12.5. The predicted octanol–water partition coefficient (Wildman–Crippen LogP) is 4.82. The molecule has 0 unspecified atom stereocenters. The van der Waals surface area contributed by atoms with Crippen LogP contribution in [0.1, 0.15) is 105 Å². The maximum atomic E-state index is 2.31. The van der Waals surface area contributed by atoms with E-state index in [4.69, 9.17) is 0 Å². The van der Waals surface area contributed by atoms with E-state index in [1.165, 1.54) is 36.5 Å². The van der Waals surface area contributed by atoms with Crippen molar-refractivity contribution in [1.82, 2.24) is 0 Å². The summed E-state index contributed by atoms with van der Waals surface area (Å²) in [5.41, 5.74) is 6.63. The van der Waals surface area contributed by atoms with Crippen molar-refractivity contribution in [2.75, 3.05) is 0 Å². The van der Waals surface area contributed by atoms with Gasteiger partial charge in [-0.05, 0) is 92.4 Å². The van der Waals surface area contributed by atoms with E-state index in [1.807, 2.05) is 0 Å². The summed E-state index contributed by atoms with van der Waals surface area (Å²) in [6.07, 6.45) is 0. The average molecular weight is 787 g/mol. The molecule has 0 radical (unpaired) electrons. The number of hydrogen-bond donors (Lipinski definition) is 0. The molecular weight excluding hydrogens is 734 g/mol. The molecule has 42 heavy (non-hydrogen) atoms. The average Bonchev–Trinajstić information content (AvgIpc) is 2.88. The van der Waals surface area contributed by atoms with Crippen molar-refractivity contribution in [1.29, 1.82) is 0 Å². The van der Waals surface area contributed by atoms with Crippen LogP contribution in [0, 0.1) is 14.3 Å². The molecule has 0 fully saturated rings. The largest absolute Gasteiger partial charge is 0.357 e. The van der Waals surface area contributed by atoms with E-state index in [1.54, 1.807) is 0 Å². The number of benzene rings is 4. The van der Waals surface area contributed by atoms with E-state index in [0.717, 1.165) is 0 Å². The minimum Gasteiger partial charge on any atom is -0.0561 e. The summed E-state index contributed by atoms with van der Waals surface area (Å²) in [7, 11) is 0. The van der Waals surface area contributed by atoms with Gasteiger partial charge in [0.2, 0.25) is 0 Å². The van der Waals surface area contributed by atoms with Gasteiger partial charge in [-0.1, -0.05) is 132 Å². The van der Waals surface area contributed by atoms with Crippen LogP contribution in [-0.2, 0) is 21.7 Å². The molecule has 224 valence electrons. The monoisotopic (exact) mass is 786 g/mol. The Balaban J connectivity index is 0.000000230. The second-order valence-corrected chi connectivity index (χ2v) is 21.3. The second-order valence-electron chi connectivity index (χ2n) is 15.2. The van der Waals surface area contributed by atoms with Crippen molar-refractivity contribution in [3.8, 4) is 0 Å². The van der Waals surface area contributed by atoms with Gasteiger partial charge in [-0.3, -0.25) is 0 Å². The first-order chi connectivity index (χ1) is 19.3. The zero-order chi connectivity index (χ0) is 31.3. The maximum absolute atomic E-state index is 2.31. The van der Waals surface area contributed by atoms with Crippen molar-refractivity contribution >= 4 is 0 Å². The molecule has 0 aromatic heterocycles. The van der Waals surface area contributed by atoms with Crippen molar-refractivity contribution in [3.05, 3.63) is 134 Å². The van der Waals surface area contributed by atoms with E-state index in [0.29, 0.717) is 0 Å². The summed E-state index contributed by atoms with van der Waals surface area (Å²) in [4.78, 5) is 0. The third kappa shape index (κ3) is 10.8. The van der Waals surface area contributed by atoms with E-state index >= 15 is 0 Å². The highest BCUT2D eigenvalue weighted by Gasteiger charge is 2.21. The van der Waals surface area contributed by atoms with Gasteiger partial charge in [-0.2, -0.15) is 0 Å². The standard InChI is InChI=1S/2C20H26I/c2*1-19(2,3)15-7-11-17(12-8-15)21-18-13-9-16(10-14-18)20(4,5)6/h2*7-14H,1-6H3/q2*+1. The molecule has 2 heteroatoms. The van der Waals surface area contributed by atoms with Gasteiger partial charge < -0.3 is 0 Å². The Hall–Kier alpha value is -1.66. The van der Waals surface area contributed by atoms with Gasteiger partial charge in [0, 0.05) is 0 Å². The topological polar surface area (TPSA) is 0 Å². The zero-order valence-corrected chi connectivity index (χ0v) is 32.3. The molecule has 0 nitrogen and oxygen atoms in total. The highest BCUT2D eigenvalue weighted by Crippen LogP contribution is 2.23. The molecule has 0 aliphatic rings. The van der Waals surface area contributed by atoms with Crippen LogP contribution in [-0.4, -0.2) is 0 Å². The molecule has 0 spiro atoms. The fourth-order valence-corrected chi connectivity index (χ4v) is 8.62. The van der Waals surface area contributed by atoms with Gasteiger partial charge in [0.15, 0.2) is 14.3 Å². The minimum atomic E-state index is -0.0703. The van der Waals surface area contributed by atoms with Crippen molar-refractivity contribution in [2.45, 2.75) is 105 Å².